The number of aromatic hydroxyl groups is 1. The van der Waals surface area contributed by atoms with E-state index >= 15 is 4.79 Å². The van der Waals surface area contributed by atoms with Crippen molar-refractivity contribution in [1.29, 1.82) is 0 Å². The van der Waals surface area contributed by atoms with Crippen molar-refractivity contribution in [2.45, 2.75) is 24.8 Å². The van der Waals surface area contributed by atoms with E-state index in [2.05, 4.69) is 5.43 Å². The maximum atomic E-state index is 15.2. The number of hydrogen-bond donors (Lipinski definition) is 2. The molecular weight excluding hydrogens is 733 g/mol. The predicted octanol–water partition coefficient (Wildman–Crippen LogP) is 6.99. The van der Waals surface area contributed by atoms with Gasteiger partial charge in [0.2, 0.25) is 17.6 Å². The molecule has 2 aliphatic carbocycles. The first-order valence-electron chi connectivity index (χ1n) is 17.4. The minimum atomic E-state index is -1.52. The lowest BCUT2D eigenvalue weighted by molar-refractivity contribution is -0.141. The summed E-state index contributed by atoms with van der Waals surface area (Å²) >= 11 is 7.84. The summed E-state index contributed by atoms with van der Waals surface area (Å²) < 4.78 is 24.7. The van der Waals surface area contributed by atoms with Gasteiger partial charge in [-0.25, -0.2) is 4.39 Å². The number of benzene rings is 3. The lowest BCUT2D eigenvalue weighted by Crippen LogP contribution is -2.54. The first-order valence-corrected chi connectivity index (χ1v) is 18.7. The van der Waals surface area contributed by atoms with Crippen LogP contribution in [-0.2, 0) is 31.1 Å². The van der Waals surface area contributed by atoms with E-state index in [9.17, 15) is 23.9 Å². The molecule has 0 unspecified atom stereocenters. The van der Waals surface area contributed by atoms with Gasteiger partial charge in [0.15, 0.2) is 11.5 Å². The number of rotatable bonds is 9. The number of allylic oxidation sites excluding steroid dienone is 3. The Kier molecular flexibility index (Phi) is 9.06. The number of hydrazine groups is 1. The number of phenols is 1. The fourth-order valence-electron chi connectivity index (χ4n) is 8.90. The van der Waals surface area contributed by atoms with Crippen LogP contribution in [0.1, 0.15) is 28.8 Å². The van der Waals surface area contributed by atoms with Crippen LogP contribution >= 0.6 is 22.9 Å². The van der Waals surface area contributed by atoms with E-state index in [1.807, 2.05) is 29.7 Å². The topological polar surface area (TPSA) is 125 Å². The number of carbonyl (C=O) groups excluding carboxylic acids is 4. The van der Waals surface area contributed by atoms with Gasteiger partial charge in [-0.1, -0.05) is 53.6 Å². The molecule has 2 N–H and O–H groups in total. The number of likely N-dealkylation sites (tertiary alicyclic amines) is 1. The van der Waals surface area contributed by atoms with Crippen LogP contribution in [-0.4, -0.2) is 52.9 Å². The maximum absolute atomic E-state index is 15.2. The van der Waals surface area contributed by atoms with Crippen LogP contribution in [0.2, 0.25) is 5.02 Å². The van der Waals surface area contributed by atoms with Crippen molar-refractivity contribution in [3.63, 3.8) is 0 Å². The average Bonchev–Trinajstić information content (AvgIpc) is 3.84. The summed E-state index contributed by atoms with van der Waals surface area (Å²) in [5.74, 6) is -5.55. The van der Waals surface area contributed by atoms with Gasteiger partial charge in [-0.05, 0) is 89.9 Å². The Balaban J connectivity index is 1.30. The highest BCUT2D eigenvalue weighted by molar-refractivity contribution is 7.09. The molecule has 2 saturated heterocycles. The second-order valence-corrected chi connectivity index (χ2v) is 15.4. The molecule has 54 heavy (non-hydrogen) atoms. The number of carbonyl (C=O) groups is 4. The summed E-state index contributed by atoms with van der Waals surface area (Å²) in [6.07, 6.45) is 6.01. The molecule has 8 rings (SSSR count). The molecule has 6 atom stereocenters. The zero-order valence-corrected chi connectivity index (χ0v) is 30.8. The molecule has 1 saturated carbocycles. The molecular formula is C41H35ClFN3O7S. The Bertz CT molecular complexity index is 2200. The Morgan fingerprint density at radius 2 is 1.67 bits per heavy atom. The number of phenolic OH excluding ortho intramolecular Hbond substituents is 1. The molecule has 2 aliphatic heterocycles. The van der Waals surface area contributed by atoms with Crippen LogP contribution in [0.15, 0.2) is 95.9 Å². The number of methoxy groups -OCH3 is 2. The highest BCUT2D eigenvalue weighted by Crippen LogP contribution is 2.61. The largest absolute Gasteiger partial charge is 0.502 e. The number of ether oxygens (including phenoxy) is 2. The molecule has 3 heterocycles. The predicted molar refractivity (Wildman–Crippen MR) is 200 cm³/mol. The van der Waals surface area contributed by atoms with E-state index in [1.165, 1.54) is 54.7 Å². The van der Waals surface area contributed by atoms with Gasteiger partial charge in [0.1, 0.15) is 5.82 Å². The normalized spacial score (nSPS) is 26.1. The molecule has 3 fully saturated rings. The number of imide groups is 2. The Labute approximate surface area is 319 Å². The standard InChI is InChI=1S/C41H35ClFN3O7S/c1-52-33-18-22(19-34(53-2)36(33)47)5-16-31-28-14-15-29-35(39(50)45(37(29)48)21-27-4-3-17-54-27)30(28)20-32-38(49)46(44-26-12-10-25(43)11-13-26)40(51)41(31,32)23-6-8-24(42)9-7-23/h3-14,16-19,29-32,35,44,47H,15,20-21H2,1-2H3/t29-,30+,31-,32-,35-,41-/m0/s1. The van der Waals surface area contributed by atoms with Gasteiger partial charge < -0.3 is 14.6 Å². The minimum Gasteiger partial charge on any atom is -0.502 e. The number of fused-ring (bicyclic) bond motifs is 4. The molecule has 4 aromatic rings. The third-order valence-corrected chi connectivity index (χ3v) is 12.4. The number of nitrogens with zero attached hydrogens (tertiary/aromatic N) is 2. The second-order valence-electron chi connectivity index (χ2n) is 13.9. The molecule has 0 spiro atoms. The number of halogens is 2. The van der Waals surface area contributed by atoms with Crippen molar-refractivity contribution < 1.29 is 38.1 Å². The number of nitrogens with one attached hydrogen (secondary N) is 1. The van der Waals surface area contributed by atoms with E-state index < -0.39 is 52.6 Å². The van der Waals surface area contributed by atoms with Crippen LogP contribution in [0.5, 0.6) is 17.2 Å². The van der Waals surface area contributed by atoms with E-state index in [4.69, 9.17) is 21.1 Å². The Morgan fingerprint density at radius 3 is 2.31 bits per heavy atom. The third-order valence-electron chi connectivity index (χ3n) is 11.3. The molecule has 3 aromatic carbocycles. The van der Waals surface area contributed by atoms with Gasteiger partial charge in [0, 0.05) is 15.8 Å². The Hall–Kier alpha value is -5.46. The van der Waals surface area contributed by atoms with Crippen LogP contribution < -0.4 is 14.9 Å². The summed E-state index contributed by atoms with van der Waals surface area (Å²) in [6, 6.07) is 19.2. The highest BCUT2D eigenvalue weighted by atomic mass is 35.5. The molecule has 276 valence electrons. The Morgan fingerprint density at radius 1 is 0.963 bits per heavy atom. The fourth-order valence-corrected chi connectivity index (χ4v) is 9.72. The monoisotopic (exact) mass is 767 g/mol. The quantitative estimate of drug-likeness (QED) is 0.138. The second kappa shape index (κ2) is 13.7. The highest BCUT2D eigenvalue weighted by Gasteiger charge is 2.69. The van der Waals surface area contributed by atoms with Gasteiger partial charge >= 0.3 is 0 Å². The zero-order valence-electron chi connectivity index (χ0n) is 29.2. The van der Waals surface area contributed by atoms with Gasteiger partial charge in [-0.2, -0.15) is 5.01 Å². The molecule has 1 aromatic heterocycles. The molecule has 4 aliphatic rings. The van der Waals surface area contributed by atoms with Gasteiger partial charge in [0.25, 0.3) is 11.8 Å². The fraction of sp³-hybridized carbons (Fsp3) is 0.268. The molecule has 13 heteroatoms. The molecule has 10 nitrogen and oxygen atoms in total. The maximum Gasteiger partial charge on any atom is 0.260 e. The lowest BCUT2D eigenvalue weighted by atomic mass is 9.50. The zero-order chi connectivity index (χ0) is 37.9. The van der Waals surface area contributed by atoms with Gasteiger partial charge in [0.05, 0.1) is 49.6 Å². The van der Waals surface area contributed by atoms with Crippen molar-refractivity contribution >= 4 is 58.3 Å². The van der Waals surface area contributed by atoms with Crippen molar-refractivity contribution in [1.82, 2.24) is 9.91 Å². The first-order chi connectivity index (χ1) is 26.1. The van der Waals surface area contributed by atoms with Crippen LogP contribution in [0.25, 0.3) is 6.08 Å². The van der Waals surface area contributed by atoms with Crippen molar-refractivity contribution in [2.24, 2.45) is 29.6 Å². The van der Waals surface area contributed by atoms with E-state index in [0.717, 1.165) is 15.5 Å². The van der Waals surface area contributed by atoms with Crippen LogP contribution in [0.4, 0.5) is 10.1 Å². The number of anilines is 1. The smallest absolute Gasteiger partial charge is 0.260 e. The SMILES string of the molecule is COc1cc(C=C[C@H]2C3=CC[C@@H]4C(=O)N(Cc5cccs5)C(=O)[C@@H]4[C@@H]3C[C@H]3C(=O)N(Nc4ccc(F)cc4)C(=O)[C@@]23c2ccc(Cl)cc2)cc(OC)c1O. The third kappa shape index (κ3) is 5.58. The number of amides is 4. The van der Waals surface area contributed by atoms with Gasteiger partial charge in [-0.3, -0.25) is 29.5 Å². The summed E-state index contributed by atoms with van der Waals surface area (Å²) in [5.41, 5.74) is 3.65. The van der Waals surface area contributed by atoms with Crippen molar-refractivity contribution in [3.8, 4) is 17.2 Å². The summed E-state index contributed by atoms with van der Waals surface area (Å²) in [6.45, 7) is 0.170. The van der Waals surface area contributed by atoms with E-state index in [1.54, 1.807) is 42.5 Å². The van der Waals surface area contributed by atoms with Gasteiger partial charge in [-0.15, -0.1) is 11.3 Å². The van der Waals surface area contributed by atoms with E-state index in [0.29, 0.717) is 21.8 Å². The van der Waals surface area contributed by atoms with E-state index in [-0.39, 0.29) is 48.4 Å². The summed E-state index contributed by atoms with van der Waals surface area (Å²) in [4.78, 5) is 60.4. The van der Waals surface area contributed by atoms with Crippen LogP contribution in [0, 0.1) is 35.4 Å². The molecule has 0 radical (unpaired) electrons. The number of hydrogen-bond acceptors (Lipinski definition) is 9. The van der Waals surface area contributed by atoms with Crippen LogP contribution in [0.3, 0.4) is 0 Å². The van der Waals surface area contributed by atoms with Crippen molar-refractivity contribution in [2.75, 3.05) is 19.6 Å². The lowest BCUT2D eigenvalue weighted by Gasteiger charge is -2.49. The first kappa shape index (κ1) is 35.6. The minimum absolute atomic E-state index is 0.124. The van der Waals surface area contributed by atoms with Crippen molar-refractivity contribution in [3.05, 3.63) is 123 Å². The molecule has 0 bridgehead atoms. The average molecular weight is 768 g/mol. The summed E-state index contributed by atoms with van der Waals surface area (Å²) in [7, 11) is 2.84. The number of thiophene rings is 1. The summed E-state index contributed by atoms with van der Waals surface area (Å²) in [5, 5.41) is 13.9. The molecule has 4 amide bonds.